The van der Waals surface area contributed by atoms with Crippen molar-refractivity contribution in [3.8, 4) is 0 Å². The lowest BCUT2D eigenvalue weighted by atomic mass is 9.73. The van der Waals surface area contributed by atoms with Crippen LogP contribution in [0.3, 0.4) is 0 Å². The van der Waals surface area contributed by atoms with E-state index in [0.717, 1.165) is 0 Å². The van der Waals surface area contributed by atoms with Gasteiger partial charge in [0.25, 0.3) is 0 Å². The Balaban J connectivity index is 4.83. The van der Waals surface area contributed by atoms with Crippen molar-refractivity contribution in [1.82, 2.24) is 0 Å². The quantitative estimate of drug-likeness (QED) is 0.580. The molecule has 84 valence electrons. The highest BCUT2D eigenvalue weighted by molar-refractivity contribution is 7.81. The Kier molecular flexibility index (Phi) is 4.50. The smallest absolute Gasteiger partial charge is 0.311 e. The molecule has 0 aromatic heterocycles. The van der Waals surface area contributed by atoms with Crippen LogP contribution in [-0.2, 0) is 9.53 Å². The van der Waals surface area contributed by atoms with Gasteiger partial charge < -0.3 is 4.74 Å². The molecule has 0 saturated heterocycles. The lowest BCUT2D eigenvalue weighted by Gasteiger charge is -2.35. The van der Waals surface area contributed by atoms with Gasteiger partial charge >= 0.3 is 5.97 Å². The summed E-state index contributed by atoms with van der Waals surface area (Å²) < 4.78 is 4.69. The summed E-state index contributed by atoms with van der Waals surface area (Å²) in [6.07, 6.45) is 0.716. The minimum Gasteiger partial charge on any atom is -0.469 e. The maximum atomic E-state index is 11.7. The normalized spacial score (nSPS) is 16.6. The largest absolute Gasteiger partial charge is 0.469 e. The standard InChI is InChI=1S/C11H22O2S/c1-8(2)11(5,9(12)13-6)7-10(3,4)14/h8,14H,7H2,1-6H3. The molecule has 0 N–H and O–H groups in total. The predicted molar refractivity (Wildman–Crippen MR) is 62.6 cm³/mol. The maximum Gasteiger partial charge on any atom is 0.311 e. The number of carbonyl (C=O) groups excluding carboxylic acids is 1. The number of esters is 1. The summed E-state index contributed by atoms with van der Waals surface area (Å²) in [5, 5.41) is 0. The predicted octanol–water partition coefficient (Wildman–Crippen LogP) is 2.92. The zero-order valence-electron chi connectivity index (χ0n) is 10.0. The third kappa shape index (κ3) is 3.52. The van der Waals surface area contributed by atoms with Crippen molar-refractivity contribution in [2.45, 2.75) is 45.8 Å². The average molecular weight is 218 g/mol. The minimum absolute atomic E-state index is 0.144. The summed E-state index contributed by atoms with van der Waals surface area (Å²) in [5.41, 5.74) is -0.444. The number of methoxy groups -OCH3 is 1. The van der Waals surface area contributed by atoms with Crippen LogP contribution in [0.15, 0.2) is 0 Å². The van der Waals surface area contributed by atoms with E-state index in [4.69, 9.17) is 4.74 Å². The second-order valence-electron chi connectivity index (χ2n) is 5.05. The summed E-state index contributed by atoms with van der Waals surface area (Å²) in [6.45, 7) is 10.0. The fourth-order valence-electron chi connectivity index (χ4n) is 1.64. The van der Waals surface area contributed by atoms with Crippen molar-refractivity contribution in [1.29, 1.82) is 0 Å². The molecule has 14 heavy (non-hydrogen) atoms. The first kappa shape index (κ1) is 13.8. The molecular weight excluding hydrogens is 196 g/mol. The van der Waals surface area contributed by atoms with E-state index >= 15 is 0 Å². The second kappa shape index (κ2) is 4.56. The van der Waals surface area contributed by atoms with Crippen LogP contribution in [0.2, 0.25) is 0 Å². The van der Waals surface area contributed by atoms with Crippen LogP contribution in [0.1, 0.15) is 41.0 Å². The average Bonchev–Trinajstić information content (AvgIpc) is 1.99. The van der Waals surface area contributed by atoms with Gasteiger partial charge in [0, 0.05) is 4.75 Å². The first-order valence-corrected chi connectivity index (χ1v) is 5.39. The number of thiol groups is 1. The summed E-state index contributed by atoms with van der Waals surface area (Å²) in [4.78, 5) is 11.7. The van der Waals surface area contributed by atoms with E-state index in [-0.39, 0.29) is 16.6 Å². The van der Waals surface area contributed by atoms with E-state index in [0.29, 0.717) is 6.42 Å². The first-order valence-electron chi connectivity index (χ1n) is 4.94. The highest BCUT2D eigenvalue weighted by atomic mass is 32.1. The van der Waals surface area contributed by atoms with Crippen molar-refractivity contribution in [2.24, 2.45) is 11.3 Å². The lowest BCUT2D eigenvalue weighted by Crippen LogP contribution is -2.39. The summed E-state index contributed by atoms with van der Waals surface area (Å²) in [6, 6.07) is 0. The summed E-state index contributed by atoms with van der Waals surface area (Å²) in [5.74, 6) is 0.107. The molecule has 0 spiro atoms. The van der Waals surface area contributed by atoms with Gasteiger partial charge in [-0.05, 0) is 19.3 Å². The molecule has 0 bridgehead atoms. The molecule has 0 aliphatic carbocycles. The Morgan fingerprint density at radius 3 is 2.00 bits per heavy atom. The van der Waals surface area contributed by atoms with Crippen molar-refractivity contribution >= 4 is 18.6 Å². The Labute approximate surface area is 92.8 Å². The Hall–Kier alpha value is -0.180. The van der Waals surface area contributed by atoms with Gasteiger partial charge in [0.2, 0.25) is 0 Å². The highest BCUT2D eigenvalue weighted by Gasteiger charge is 2.41. The molecule has 2 nitrogen and oxygen atoms in total. The van der Waals surface area contributed by atoms with Crippen LogP contribution in [0.25, 0.3) is 0 Å². The van der Waals surface area contributed by atoms with Crippen molar-refractivity contribution in [3.05, 3.63) is 0 Å². The van der Waals surface area contributed by atoms with Gasteiger partial charge in [-0.1, -0.05) is 27.7 Å². The van der Waals surface area contributed by atoms with Gasteiger partial charge in [-0.15, -0.1) is 0 Å². The summed E-state index contributed by atoms with van der Waals surface area (Å²) in [7, 11) is 1.44. The van der Waals surface area contributed by atoms with Gasteiger partial charge in [-0.2, -0.15) is 12.6 Å². The van der Waals surface area contributed by atoms with Gasteiger partial charge in [-0.3, -0.25) is 4.79 Å². The lowest BCUT2D eigenvalue weighted by molar-refractivity contribution is -0.155. The number of ether oxygens (including phenoxy) is 1. The fraction of sp³-hybridized carbons (Fsp3) is 0.909. The topological polar surface area (TPSA) is 26.3 Å². The number of carbonyl (C=O) groups is 1. The van der Waals surface area contributed by atoms with Crippen LogP contribution in [0, 0.1) is 11.3 Å². The zero-order valence-corrected chi connectivity index (χ0v) is 10.9. The monoisotopic (exact) mass is 218 g/mol. The SMILES string of the molecule is COC(=O)C(C)(CC(C)(C)S)C(C)C. The summed E-state index contributed by atoms with van der Waals surface area (Å²) >= 11 is 4.47. The van der Waals surface area contributed by atoms with Crippen molar-refractivity contribution in [2.75, 3.05) is 7.11 Å². The van der Waals surface area contributed by atoms with Crippen molar-refractivity contribution < 1.29 is 9.53 Å². The number of rotatable bonds is 4. The Bertz CT molecular complexity index is 206. The molecular formula is C11H22O2S. The third-order valence-electron chi connectivity index (χ3n) is 2.73. The van der Waals surface area contributed by atoms with E-state index in [9.17, 15) is 4.79 Å². The zero-order chi connectivity index (χ0) is 11.6. The maximum absolute atomic E-state index is 11.7. The van der Waals surface area contributed by atoms with E-state index in [1.165, 1.54) is 7.11 Å². The van der Waals surface area contributed by atoms with E-state index in [1.807, 2.05) is 34.6 Å². The van der Waals surface area contributed by atoms with Crippen LogP contribution in [0.4, 0.5) is 0 Å². The molecule has 0 heterocycles. The molecule has 0 aromatic carbocycles. The van der Waals surface area contributed by atoms with Crippen LogP contribution >= 0.6 is 12.6 Å². The molecule has 0 fully saturated rings. The molecule has 0 aliphatic rings. The van der Waals surface area contributed by atoms with Gasteiger partial charge in [0.05, 0.1) is 12.5 Å². The number of hydrogen-bond acceptors (Lipinski definition) is 3. The van der Waals surface area contributed by atoms with Gasteiger partial charge in [-0.25, -0.2) is 0 Å². The van der Waals surface area contributed by atoms with Gasteiger partial charge in [0.1, 0.15) is 0 Å². The molecule has 0 radical (unpaired) electrons. The molecule has 0 saturated carbocycles. The Morgan fingerprint density at radius 2 is 1.79 bits per heavy atom. The molecule has 3 heteroatoms. The molecule has 0 aliphatic heterocycles. The second-order valence-corrected chi connectivity index (χ2v) is 6.26. The van der Waals surface area contributed by atoms with E-state index in [2.05, 4.69) is 12.6 Å². The van der Waals surface area contributed by atoms with Crippen LogP contribution < -0.4 is 0 Å². The number of hydrogen-bond donors (Lipinski definition) is 1. The van der Waals surface area contributed by atoms with Crippen molar-refractivity contribution in [3.63, 3.8) is 0 Å². The van der Waals surface area contributed by atoms with E-state index < -0.39 is 5.41 Å². The molecule has 0 amide bonds. The molecule has 1 atom stereocenters. The fourth-order valence-corrected chi connectivity index (χ4v) is 1.97. The van der Waals surface area contributed by atoms with Gasteiger partial charge in [0.15, 0.2) is 0 Å². The first-order chi connectivity index (χ1) is 6.13. The highest BCUT2D eigenvalue weighted by Crippen LogP contribution is 2.39. The minimum atomic E-state index is -0.444. The van der Waals surface area contributed by atoms with Crippen LogP contribution in [-0.4, -0.2) is 17.8 Å². The third-order valence-corrected chi connectivity index (χ3v) is 2.88. The van der Waals surface area contributed by atoms with Crippen LogP contribution in [0.5, 0.6) is 0 Å². The molecule has 0 aromatic rings. The van der Waals surface area contributed by atoms with E-state index in [1.54, 1.807) is 0 Å². The Morgan fingerprint density at radius 1 is 1.36 bits per heavy atom. The molecule has 1 unspecified atom stereocenters. The molecule has 0 rings (SSSR count).